The van der Waals surface area contributed by atoms with Gasteiger partial charge in [0.1, 0.15) is 0 Å². The third kappa shape index (κ3) is 3.31. The molecule has 128 valence electrons. The molecule has 0 N–H and O–H groups in total. The minimum atomic E-state index is 0.00208. The van der Waals surface area contributed by atoms with E-state index in [4.69, 9.17) is 0 Å². The number of carbonyl (C=O) groups is 1. The van der Waals surface area contributed by atoms with E-state index in [2.05, 4.69) is 30.9 Å². The number of anilines is 1. The van der Waals surface area contributed by atoms with Gasteiger partial charge in [-0.05, 0) is 47.8 Å². The molecule has 2 aromatic rings. The Kier molecular flexibility index (Phi) is 4.89. The number of carbonyl (C=O) groups excluding carboxylic acids is 1. The summed E-state index contributed by atoms with van der Waals surface area (Å²) in [6, 6.07) is 4.12. The molecule has 0 saturated carbocycles. The molecule has 1 aliphatic heterocycles. The van der Waals surface area contributed by atoms with E-state index in [0.717, 1.165) is 41.8 Å². The minimum absolute atomic E-state index is 0.00208. The maximum atomic E-state index is 12.6. The van der Waals surface area contributed by atoms with E-state index in [1.807, 2.05) is 50.4 Å². The van der Waals surface area contributed by atoms with E-state index >= 15 is 0 Å². The lowest BCUT2D eigenvalue weighted by atomic mass is 10.0. The first-order valence-electron chi connectivity index (χ1n) is 8.09. The zero-order valence-electron chi connectivity index (χ0n) is 14.2. The second-order valence-electron chi connectivity index (χ2n) is 6.26. The summed E-state index contributed by atoms with van der Waals surface area (Å²) in [5, 5.41) is 4.30. The number of piperidine rings is 1. The Bertz CT molecular complexity index is 717. The van der Waals surface area contributed by atoms with Gasteiger partial charge in [0.05, 0.1) is 10.2 Å². The van der Waals surface area contributed by atoms with Crippen LogP contribution in [0, 0.1) is 6.92 Å². The zero-order valence-corrected chi connectivity index (χ0v) is 15.8. The molecule has 3 rings (SSSR count). The fourth-order valence-corrected chi connectivity index (χ4v) is 3.63. The largest absolute Gasteiger partial charge is 0.370 e. The third-order valence-corrected chi connectivity index (χ3v) is 5.37. The molecule has 0 spiro atoms. The van der Waals surface area contributed by atoms with Crippen molar-refractivity contribution in [2.45, 2.75) is 25.8 Å². The lowest BCUT2D eigenvalue weighted by molar-refractivity contribution is 0.0702. The number of halogens is 1. The minimum Gasteiger partial charge on any atom is -0.370 e. The van der Waals surface area contributed by atoms with Gasteiger partial charge in [-0.1, -0.05) is 0 Å². The summed E-state index contributed by atoms with van der Waals surface area (Å²) in [7, 11) is 3.74. The number of hydrogen-bond acceptors (Lipinski definition) is 4. The van der Waals surface area contributed by atoms with Crippen LogP contribution >= 0.6 is 15.9 Å². The Morgan fingerprint density at radius 2 is 2.08 bits per heavy atom. The summed E-state index contributed by atoms with van der Waals surface area (Å²) in [4.78, 5) is 20.9. The van der Waals surface area contributed by atoms with Gasteiger partial charge >= 0.3 is 0 Å². The van der Waals surface area contributed by atoms with E-state index < -0.39 is 0 Å². The van der Waals surface area contributed by atoms with Crippen molar-refractivity contribution in [1.82, 2.24) is 19.7 Å². The van der Waals surface area contributed by atoms with Crippen LogP contribution in [0.5, 0.6) is 0 Å². The molecule has 0 radical (unpaired) electrons. The summed E-state index contributed by atoms with van der Waals surface area (Å²) in [6.07, 6.45) is 5.53. The molecule has 7 heteroatoms. The monoisotopic (exact) mass is 391 g/mol. The smallest absolute Gasteiger partial charge is 0.274 e. The predicted octanol–water partition coefficient (Wildman–Crippen LogP) is 2.63. The van der Waals surface area contributed by atoms with Gasteiger partial charge in [-0.2, -0.15) is 5.10 Å². The van der Waals surface area contributed by atoms with Crippen molar-refractivity contribution >= 4 is 27.5 Å². The molecule has 3 heterocycles. The van der Waals surface area contributed by atoms with Crippen molar-refractivity contribution in [2.24, 2.45) is 7.05 Å². The van der Waals surface area contributed by atoms with Gasteiger partial charge in [-0.3, -0.25) is 14.5 Å². The van der Waals surface area contributed by atoms with E-state index in [9.17, 15) is 4.79 Å². The summed E-state index contributed by atoms with van der Waals surface area (Å²) in [6.45, 7) is 3.80. The van der Waals surface area contributed by atoms with Crippen LogP contribution in [0.1, 0.15) is 29.0 Å². The van der Waals surface area contributed by atoms with Crippen molar-refractivity contribution in [1.29, 1.82) is 0 Å². The van der Waals surface area contributed by atoms with E-state index in [1.54, 1.807) is 4.68 Å². The quantitative estimate of drug-likeness (QED) is 0.806. The van der Waals surface area contributed by atoms with Gasteiger partial charge in [0, 0.05) is 51.3 Å². The van der Waals surface area contributed by atoms with Crippen LogP contribution in [0.4, 0.5) is 5.69 Å². The van der Waals surface area contributed by atoms with Crippen LogP contribution in [0.25, 0.3) is 0 Å². The number of nitrogens with zero attached hydrogens (tertiary/aromatic N) is 5. The summed E-state index contributed by atoms with van der Waals surface area (Å²) in [5.41, 5.74) is 2.68. The number of hydrogen-bond donors (Lipinski definition) is 0. The second kappa shape index (κ2) is 6.93. The molecule has 1 amide bonds. The summed E-state index contributed by atoms with van der Waals surface area (Å²) >= 11 is 3.56. The van der Waals surface area contributed by atoms with Crippen molar-refractivity contribution in [3.05, 3.63) is 40.4 Å². The molecule has 0 unspecified atom stereocenters. The molecular weight excluding hydrogens is 370 g/mol. The Balaban J connectivity index is 1.64. The van der Waals surface area contributed by atoms with Gasteiger partial charge < -0.3 is 9.80 Å². The van der Waals surface area contributed by atoms with Crippen LogP contribution < -0.4 is 4.90 Å². The topological polar surface area (TPSA) is 54.3 Å². The number of aryl methyl sites for hydroxylation is 2. The van der Waals surface area contributed by atoms with E-state index in [0.29, 0.717) is 5.69 Å². The van der Waals surface area contributed by atoms with Gasteiger partial charge in [-0.25, -0.2) is 0 Å². The Labute approximate surface area is 150 Å². The summed E-state index contributed by atoms with van der Waals surface area (Å²) < 4.78 is 2.75. The molecule has 24 heavy (non-hydrogen) atoms. The standard InChI is InChI=1S/C17H22BrN5O/c1-12-10-15(20-22(12)3)17(24)21(2)13-5-8-23(9-6-13)16-4-7-19-11-14(16)18/h4,7,10-11,13H,5-6,8-9H2,1-3H3. The molecule has 6 nitrogen and oxygen atoms in total. The normalized spacial score (nSPS) is 15.6. The molecular formula is C17H22BrN5O. The van der Waals surface area contributed by atoms with Gasteiger partial charge in [-0.15, -0.1) is 0 Å². The lowest BCUT2D eigenvalue weighted by Gasteiger charge is -2.37. The van der Waals surface area contributed by atoms with Crippen LogP contribution in [-0.2, 0) is 7.05 Å². The zero-order chi connectivity index (χ0) is 17.3. The van der Waals surface area contributed by atoms with Gasteiger partial charge in [0.25, 0.3) is 5.91 Å². The highest BCUT2D eigenvalue weighted by Crippen LogP contribution is 2.28. The van der Waals surface area contributed by atoms with Crippen molar-refractivity contribution in [2.75, 3.05) is 25.0 Å². The van der Waals surface area contributed by atoms with Gasteiger partial charge in [0.15, 0.2) is 5.69 Å². The fourth-order valence-electron chi connectivity index (χ4n) is 3.13. The van der Waals surface area contributed by atoms with Crippen LogP contribution in [0.15, 0.2) is 29.0 Å². The first-order chi connectivity index (χ1) is 11.5. The molecule has 1 saturated heterocycles. The molecule has 1 aliphatic rings. The van der Waals surface area contributed by atoms with Crippen molar-refractivity contribution in [3.63, 3.8) is 0 Å². The molecule has 1 fully saturated rings. The Morgan fingerprint density at radius 1 is 1.38 bits per heavy atom. The highest BCUT2D eigenvalue weighted by atomic mass is 79.9. The number of amides is 1. The highest BCUT2D eigenvalue weighted by molar-refractivity contribution is 9.10. The number of pyridine rings is 1. The van der Waals surface area contributed by atoms with Crippen LogP contribution in [-0.4, -0.2) is 51.8 Å². The molecule has 0 aromatic carbocycles. The number of aromatic nitrogens is 3. The first-order valence-corrected chi connectivity index (χ1v) is 8.89. The molecule has 0 bridgehead atoms. The summed E-state index contributed by atoms with van der Waals surface area (Å²) in [5.74, 6) is 0.00208. The first kappa shape index (κ1) is 17.0. The average molecular weight is 392 g/mol. The molecule has 0 aliphatic carbocycles. The third-order valence-electron chi connectivity index (χ3n) is 4.76. The Morgan fingerprint density at radius 3 is 2.67 bits per heavy atom. The highest BCUT2D eigenvalue weighted by Gasteiger charge is 2.27. The number of rotatable bonds is 3. The lowest BCUT2D eigenvalue weighted by Crippen LogP contribution is -2.45. The Hall–Kier alpha value is -1.89. The van der Waals surface area contributed by atoms with E-state index in [-0.39, 0.29) is 11.9 Å². The van der Waals surface area contributed by atoms with Crippen molar-refractivity contribution in [3.8, 4) is 0 Å². The van der Waals surface area contributed by atoms with E-state index in [1.165, 1.54) is 0 Å². The molecule has 0 atom stereocenters. The van der Waals surface area contributed by atoms with Crippen molar-refractivity contribution < 1.29 is 4.79 Å². The van der Waals surface area contributed by atoms with Gasteiger partial charge in [0.2, 0.25) is 0 Å². The maximum absolute atomic E-state index is 12.6. The van der Waals surface area contributed by atoms with Crippen LogP contribution in [0.3, 0.4) is 0 Å². The SMILES string of the molecule is Cc1cc(C(=O)N(C)C2CCN(c3ccncc3Br)CC2)nn1C. The average Bonchev–Trinajstić information content (AvgIpc) is 2.93. The van der Waals surface area contributed by atoms with Crippen LogP contribution in [0.2, 0.25) is 0 Å². The maximum Gasteiger partial charge on any atom is 0.274 e. The predicted molar refractivity (Wildman–Crippen MR) is 97.2 cm³/mol. The molecule has 2 aromatic heterocycles. The fraction of sp³-hybridized carbons (Fsp3) is 0.471. The second-order valence-corrected chi connectivity index (χ2v) is 7.11.